The Morgan fingerprint density at radius 2 is 0.500 bits per heavy atom. The zero-order chi connectivity index (χ0) is 53.3. The minimum atomic E-state index is -0.246. The standard InChI is InChI=1S/C74H70B2/c1-39-27-43(5)69(44(6)28-39)75(70-45(7)29-40(2)30-46(70)8)65-25-23-53-59-37-63-61(35-57(59)51-19-17-21-55(65)67(51)53)73(13,14)64-38-60-54-24-26-66(56-22-18-20-52(68(54)56)58(60)36-62(64)74(63,15)16)76(71-47(9)31-41(3)32-48(71)10)72-49(11)33-42(4)34-50(72)12/h17-38H,1-16H3. The van der Waals surface area contributed by atoms with E-state index in [2.05, 4.69) is 244 Å². The number of rotatable bonds is 6. The first kappa shape index (κ1) is 48.5. The smallest absolute Gasteiger partial charge is 0.0657 e. The lowest BCUT2D eigenvalue weighted by Gasteiger charge is -2.44. The summed E-state index contributed by atoms with van der Waals surface area (Å²) in [4.78, 5) is 0. The highest BCUT2D eigenvalue weighted by Gasteiger charge is 2.45. The second-order valence-electron chi connectivity index (χ2n) is 25.1. The summed E-state index contributed by atoms with van der Waals surface area (Å²) in [6, 6.07) is 53.8. The molecule has 0 spiro atoms. The van der Waals surface area contributed by atoms with Gasteiger partial charge in [-0.15, -0.1) is 0 Å². The fourth-order valence-electron chi connectivity index (χ4n) is 16.2. The van der Waals surface area contributed by atoms with E-state index in [0.29, 0.717) is 0 Å². The molecule has 0 aliphatic heterocycles. The van der Waals surface area contributed by atoms with Crippen molar-refractivity contribution in [1.29, 1.82) is 0 Å². The predicted octanol–water partition coefficient (Wildman–Crippen LogP) is 15.0. The van der Waals surface area contributed by atoms with Crippen molar-refractivity contribution in [2.24, 2.45) is 0 Å². The molecule has 0 bridgehead atoms. The summed E-state index contributed by atoms with van der Waals surface area (Å²) in [6.07, 6.45) is 0. The van der Waals surface area contributed by atoms with E-state index >= 15 is 0 Å². The van der Waals surface area contributed by atoms with E-state index in [-0.39, 0.29) is 24.3 Å². The van der Waals surface area contributed by atoms with Gasteiger partial charge in [-0.3, -0.25) is 0 Å². The summed E-state index contributed by atoms with van der Waals surface area (Å²) in [5, 5.41) is 5.51. The van der Waals surface area contributed by atoms with Gasteiger partial charge in [-0.25, -0.2) is 0 Å². The fourth-order valence-corrected chi connectivity index (χ4v) is 16.2. The van der Waals surface area contributed by atoms with Crippen molar-refractivity contribution < 1.29 is 0 Å². The molecule has 10 aromatic rings. The molecule has 0 unspecified atom stereocenters. The highest BCUT2D eigenvalue weighted by Crippen LogP contribution is 2.58. The number of benzene rings is 10. The second kappa shape index (κ2) is 16.7. The zero-order valence-electron chi connectivity index (χ0n) is 47.9. The van der Waals surface area contributed by atoms with E-state index in [4.69, 9.17) is 0 Å². The summed E-state index contributed by atoms with van der Waals surface area (Å²) >= 11 is 0. The van der Waals surface area contributed by atoms with Crippen molar-refractivity contribution in [3.63, 3.8) is 0 Å². The third-order valence-corrected chi connectivity index (χ3v) is 19.0. The van der Waals surface area contributed by atoms with Gasteiger partial charge >= 0.3 is 0 Å². The summed E-state index contributed by atoms with van der Waals surface area (Å²) in [6.45, 7) is 37.7. The van der Waals surface area contributed by atoms with Gasteiger partial charge in [-0.1, -0.05) is 236 Å². The van der Waals surface area contributed by atoms with Gasteiger partial charge in [-0.05, 0) is 196 Å². The molecule has 3 aliphatic carbocycles. The third kappa shape index (κ3) is 6.77. The minimum Gasteiger partial charge on any atom is -0.0657 e. The van der Waals surface area contributed by atoms with Crippen LogP contribution in [0.15, 0.2) is 133 Å². The minimum absolute atomic E-state index is 0.101. The van der Waals surface area contributed by atoms with E-state index in [1.54, 1.807) is 0 Å². The Morgan fingerprint density at radius 1 is 0.263 bits per heavy atom. The van der Waals surface area contributed by atoms with E-state index < -0.39 is 0 Å². The van der Waals surface area contributed by atoms with Crippen molar-refractivity contribution in [3.05, 3.63) is 222 Å². The van der Waals surface area contributed by atoms with Crippen LogP contribution in [0.25, 0.3) is 66.1 Å². The average molecular weight is 981 g/mol. The van der Waals surface area contributed by atoms with Crippen molar-refractivity contribution in [2.45, 2.75) is 122 Å². The van der Waals surface area contributed by atoms with Crippen molar-refractivity contribution in [2.75, 3.05) is 0 Å². The molecule has 372 valence electrons. The molecule has 0 saturated heterocycles. The number of fused-ring (bicyclic) bond motifs is 8. The molecular weight excluding hydrogens is 910 g/mol. The predicted molar refractivity (Wildman–Crippen MR) is 333 cm³/mol. The molecular formula is C74H70B2. The molecule has 10 aromatic carbocycles. The monoisotopic (exact) mass is 981 g/mol. The first-order valence-electron chi connectivity index (χ1n) is 28.0. The van der Waals surface area contributed by atoms with Crippen LogP contribution in [0, 0.1) is 83.1 Å². The van der Waals surface area contributed by atoms with Gasteiger partial charge in [0, 0.05) is 10.8 Å². The Kier molecular flexibility index (Phi) is 10.6. The molecule has 0 atom stereocenters. The average Bonchev–Trinajstić information content (AvgIpc) is 3.96. The molecule has 0 saturated carbocycles. The van der Waals surface area contributed by atoms with Gasteiger partial charge < -0.3 is 0 Å². The maximum Gasteiger partial charge on any atom is 0.243 e. The number of hydrogen-bond donors (Lipinski definition) is 0. The van der Waals surface area contributed by atoms with Crippen LogP contribution in [-0.4, -0.2) is 13.4 Å². The van der Waals surface area contributed by atoms with Gasteiger partial charge in [0.15, 0.2) is 0 Å². The van der Waals surface area contributed by atoms with Gasteiger partial charge in [0.25, 0.3) is 0 Å². The summed E-state index contributed by atoms with van der Waals surface area (Å²) in [7, 11) is 0. The second-order valence-corrected chi connectivity index (χ2v) is 25.1. The van der Waals surface area contributed by atoms with Crippen LogP contribution in [0.3, 0.4) is 0 Å². The Labute approximate surface area is 453 Å². The topological polar surface area (TPSA) is 0 Å². The molecule has 0 nitrogen and oxygen atoms in total. The van der Waals surface area contributed by atoms with Crippen LogP contribution in [0.2, 0.25) is 0 Å². The molecule has 0 amide bonds. The lowest BCUT2D eigenvalue weighted by atomic mass is 9.33. The number of hydrogen-bond acceptors (Lipinski definition) is 0. The van der Waals surface area contributed by atoms with Gasteiger partial charge in [0.1, 0.15) is 0 Å². The zero-order valence-corrected chi connectivity index (χ0v) is 47.9. The van der Waals surface area contributed by atoms with E-state index in [1.807, 2.05) is 0 Å². The van der Waals surface area contributed by atoms with Crippen LogP contribution < -0.4 is 32.8 Å². The summed E-state index contributed by atoms with van der Waals surface area (Å²) < 4.78 is 0. The van der Waals surface area contributed by atoms with Gasteiger partial charge in [-0.2, -0.15) is 0 Å². The molecule has 0 N–H and O–H groups in total. The lowest BCUT2D eigenvalue weighted by Crippen LogP contribution is -2.56. The highest BCUT2D eigenvalue weighted by atomic mass is 14.5. The molecule has 3 aliphatic rings. The normalized spacial score (nSPS) is 14.0. The Bertz CT molecular complexity index is 3690. The van der Waals surface area contributed by atoms with Crippen molar-refractivity contribution >= 4 is 67.7 Å². The van der Waals surface area contributed by atoms with Crippen LogP contribution in [-0.2, 0) is 10.8 Å². The SMILES string of the molecule is Cc1cc(C)c(B(c2c(C)cc(C)cc2C)c2ccc3c4c(cccc24)-c2cc4c(cc2-3)C(C)(C)c2cc3c(cc2C4(C)C)-c2ccc(B(c4c(C)cc(C)cc4C)c4c(C)cc(C)cc4C)c4cccc-3c24)c(C)c1. The van der Waals surface area contributed by atoms with Gasteiger partial charge in [0.05, 0.1) is 0 Å². The molecule has 0 heterocycles. The van der Waals surface area contributed by atoms with Gasteiger partial charge in [0.2, 0.25) is 13.4 Å². The Hall–Kier alpha value is -7.15. The molecule has 0 aromatic heterocycles. The molecule has 76 heavy (non-hydrogen) atoms. The van der Waals surface area contributed by atoms with E-state index in [9.17, 15) is 0 Å². The first-order chi connectivity index (χ1) is 36.1. The maximum atomic E-state index is 2.61. The van der Waals surface area contributed by atoms with E-state index in [1.165, 1.54) is 188 Å². The molecule has 13 rings (SSSR count). The largest absolute Gasteiger partial charge is 0.243 e. The maximum absolute atomic E-state index is 2.61. The van der Waals surface area contributed by atoms with Crippen LogP contribution in [0.1, 0.15) is 117 Å². The molecule has 0 fully saturated rings. The summed E-state index contributed by atoms with van der Waals surface area (Å²) in [5.74, 6) is 0. The Morgan fingerprint density at radius 3 is 0.750 bits per heavy atom. The quantitative estimate of drug-likeness (QED) is 0.146. The fraction of sp³-hybridized carbons (Fsp3) is 0.243. The van der Waals surface area contributed by atoms with Crippen LogP contribution >= 0.6 is 0 Å². The molecule has 2 heteroatoms. The molecule has 0 radical (unpaired) electrons. The van der Waals surface area contributed by atoms with E-state index in [0.717, 1.165) is 0 Å². The number of aryl methyl sites for hydroxylation is 12. The van der Waals surface area contributed by atoms with Crippen LogP contribution in [0.5, 0.6) is 0 Å². The summed E-state index contributed by atoms with van der Waals surface area (Å²) in [5.41, 5.74) is 40.9. The first-order valence-corrected chi connectivity index (χ1v) is 28.0. The van der Waals surface area contributed by atoms with Crippen LogP contribution in [0.4, 0.5) is 0 Å². The van der Waals surface area contributed by atoms with Crippen molar-refractivity contribution in [1.82, 2.24) is 0 Å². The van der Waals surface area contributed by atoms with Crippen molar-refractivity contribution in [3.8, 4) is 44.5 Å². The highest BCUT2D eigenvalue weighted by molar-refractivity contribution is 6.98. The lowest BCUT2D eigenvalue weighted by molar-refractivity contribution is 0.521. The Balaban J connectivity index is 0.972. The third-order valence-electron chi connectivity index (χ3n) is 19.0.